The van der Waals surface area contributed by atoms with Crippen LogP contribution in [0.25, 0.3) is 0 Å². The van der Waals surface area contributed by atoms with Gasteiger partial charge in [0.05, 0.1) is 12.9 Å². The summed E-state index contributed by atoms with van der Waals surface area (Å²) in [7, 11) is 0. The van der Waals surface area contributed by atoms with E-state index in [9.17, 15) is 4.79 Å². The van der Waals surface area contributed by atoms with Crippen molar-refractivity contribution in [3.63, 3.8) is 0 Å². The maximum Gasteiger partial charge on any atom is 0.276 e. The van der Waals surface area contributed by atoms with E-state index in [0.717, 1.165) is 0 Å². The van der Waals surface area contributed by atoms with Crippen LogP contribution in [0.4, 0.5) is 5.88 Å². The number of amides is 1. The number of rotatable bonds is 3. The summed E-state index contributed by atoms with van der Waals surface area (Å²) < 4.78 is 10.7. The van der Waals surface area contributed by atoms with Gasteiger partial charge < -0.3 is 9.15 Å². The lowest BCUT2D eigenvalue weighted by molar-refractivity contribution is -0.113. The van der Waals surface area contributed by atoms with Crippen molar-refractivity contribution in [2.45, 2.75) is 6.92 Å². The fraction of sp³-hybridized carbons (Fsp3) is 0.200. The van der Waals surface area contributed by atoms with Crippen molar-refractivity contribution in [1.82, 2.24) is 0 Å². The van der Waals surface area contributed by atoms with Crippen LogP contribution in [0.15, 0.2) is 34.0 Å². The zero-order valence-corrected chi connectivity index (χ0v) is 10.1. The quantitative estimate of drug-likeness (QED) is 0.471. The first-order chi connectivity index (χ1) is 7.74. The molecule has 1 fully saturated rings. The van der Waals surface area contributed by atoms with E-state index in [1.165, 1.54) is 29.2 Å². The van der Waals surface area contributed by atoms with Gasteiger partial charge in [0.15, 0.2) is 4.32 Å². The molecule has 0 radical (unpaired) electrons. The molecule has 1 aliphatic heterocycles. The molecule has 2 heterocycles. The van der Waals surface area contributed by atoms with E-state index in [1.807, 2.05) is 6.92 Å². The molecule has 1 saturated heterocycles. The average Bonchev–Trinajstić information content (AvgIpc) is 2.85. The molecule has 0 bridgehead atoms. The summed E-state index contributed by atoms with van der Waals surface area (Å²) in [5.74, 6) is 0.223. The SMILES string of the molecule is CCO/C=C1/SC(=S)N(c2ccco2)C1=O. The summed E-state index contributed by atoms with van der Waals surface area (Å²) >= 11 is 6.31. The molecule has 0 unspecified atom stereocenters. The topological polar surface area (TPSA) is 42.7 Å². The van der Waals surface area contributed by atoms with Crippen LogP contribution in [-0.4, -0.2) is 16.8 Å². The van der Waals surface area contributed by atoms with Crippen LogP contribution in [0.3, 0.4) is 0 Å². The first kappa shape index (κ1) is 11.2. The van der Waals surface area contributed by atoms with E-state index >= 15 is 0 Å². The molecule has 0 saturated carbocycles. The Labute approximate surface area is 102 Å². The lowest BCUT2D eigenvalue weighted by Crippen LogP contribution is -2.26. The molecule has 0 N–H and O–H groups in total. The fourth-order valence-electron chi connectivity index (χ4n) is 1.20. The highest BCUT2D eigenvalue weighted by atomic mass is 32.2. The molecular weight excluding hydrogens is 246 g/mol. The van der Waals surface area contributed by atoms with Crippen LogP contribution >= 0.6 is 24.0 Å². The van der Waals surface area contributed by atoms with E-state index in [2.05, 4.69) is 0 Å². The fourth-order valence-corrected chi connectivity index (χ4v) is 2.39. The van der Waals surface area contributed by atoms with Crippen molar-refractivity contribution in [3.05, 3.63) is 29.6 Å². The van der Waals surface area contributed by atoms with Gasteiger partial charge in [0.1, 0.15) is 11.2 Å². The predicted molar refractivity (Wildman–Crippen MR) is 66.1 cm³/mol. The summed E-state index contributed by atoms with van der Waals surface area (Å²) in [5.41, 5.74) is 0. The number of ether oxygens (including phenoxy) is 1. The van der Waals surface area contributed by atoms with Gasteiger partial charge in [0.2, 0.25) is 5.88 Å². The lowest BCUT2D eigenvalue weighted by Gasteiger charge is -2.09. The van der Waals surface area contributed by atoms with E-state index in [0.29, 0.717) is 21.7 Å². The van der Waals surface area contributed by atoms with Crippen molar-refractivity contribution < 1.29 is 13.9 Å². The molecule has 4 nitrogen and oxygen atoms in total. The average molecular weight is 255 g/mol. The van der Waals surface area contributed by atoms with Crippen LogP contribution in [-0.2, 0) is 9.53 Å². The number of thioether (sulfide) groups is 1. The Morgan fingerprint density at radius 3 is 3.12 bits per heavy atom. The Kier molecular flexibility index (Phi) is 3.31. The Morgan fingerprint density at radius 2 is 2.50 bits per heavy atom. The molecular formula is C10H9NO3S2. The second-order valence-corrected chi connectivity index (χ2v) is 4.57. The number of thiocarbonyl (C=S) groups is 1. The maximum absolute atomic E-state index is 11.9. The number of carbonyl (C=O) groups excluding carboxylic acids is 1. The summed E-state index contributed by atoms with van der Waals surface area (Å²) in [4.78, 5) is 13.8. The van der Waals surface area contributed by atoms with Gasteiger partial charge in [0.25, 0.3) is 5.91 Å². The standard InChI is InChI=1S/C10H9NO3S2/c1-2-13-6-7-9(12)11(10(15)16-7)8-4-3-5-14-8/h3-6H,2H2,1H3/b7-6+. The minimum Gasteiger partial charge on any atom is -0.500 e. The molecule has 0 aromatic carbocycles. The van der Waals surface area contributed by atoms with Crippen molar-refractivity contribution in [2.24, 2.45) is 0 Å². The monoisotopic (exact) mass is 255 g/mol. The zero-order valence-electron chi connectivity index (χ0n) is 8.50. The molecule has 2 rings (SSSR count). The number of carbonyl (C=O) groups is 1. The molecule has 0 atom stereocenters. The van der Waals surface area contributed by atoms with Crippen molar-refractivity contribution in [1.29, 1.82) is 0 Å². The highest BCUT2D eigenvalue weighted by Gasteiger charge is 2.35. The maximum atomic E-state index is 11.9. The third-order valence-corrected chi connectivity index (χ3v) is 3.16. The highest BCUT2D eigenvalue weighted by molar-refractivity contribution is 8.27. The number of anilines is 1. The zero-order chi connectivity index (χ0) is 11.5. The largest absolute Gasteiger partial charge is 0.500 e. The van der Waals surface area contributed by atoms with Gasteiger partial charge in [-0.25, -0.2) is 4.90 Å². The molecule has 1 aromatic rings. The van der Waals surface area contributed by atoms with Crippen LogP contribution in [0.5, 0.6) is 0 Å². The Bertz CT molecular complexity index is 439. The Balaban J connectivity index is 2.24. The molecule has 6 heteroatoms. The van der Waals surface area contributed by atoms with Gasteiger partial charge in [-0.15, -0.1) is 0 Å². The van der Waals surface area contributed by atoms with Gasteiger partial charge in [-0.3, -0.25) is 4.79 Å². The van der Waals surface area contributed by atoms with Crippen molar-refractivity contribution >= 4 is 40.1 Å². The molecule has 1 aromatic heterocycles. The second kappa shape index (κ2) is 4.71. The number of furan rings is 1. The Hall–Kier alpha value is -1.27. The molecule has 84 valence electrons. The second-order valence-electron chi connectivity index (χ2n) is 2.90. The lowest BCUT2D eigenvalue weighted by atomic mass is 10.5. The Morgan fingerprint density at radius 1 is 1.69 bits per heavy atom. The van der Waals surface area contributed by atoms with Gasteiger partial charge in [-0.1, -0.05) is 24.0 Å². The number of hydrogen-bond donors (Lipinski definition) is 0. The van der Waals surface area contributed by atoms with Gasteiger partial charge in [-0.2, -0.15) is 0 Å². The molecule has 0 aliphatic carbocycles. The third kappa shape index (κ3) is 1.98. The van der Waals surface area contributed by atoms with E-state index in [4.69, 9.17) is 21.4 Å². The van der Waals surface area contributed by atoms with Gasteiger partial charge >= 0.3 is 0 Å². The van der Waals surface area contributed by atoms with Crippen LogP contribution < -0.4 is 4.90 Å². The first-order valence-corrected chi connectivity index (χ1v) is 5.88. The van der Waals surface area contributed by atoms with Crippen LogP contribution in [0.1, 0.15) is 6.92 Å². The van der Waals surface area contributed by atoms with Gasteiger partial charge in [-0.05, 0) is 13.0 Å². The normalized spacial score (nSPS) is 18.6. The van der Waals surface area contributed by atoms with E-state index in [1.54, 1.807) is 12.1 Å². The molecule has 16 heavy (non-hydrogen) atoms. The minimum absolute atomic E-state index is 0.210. The first-order valence-electron chi connectivity index (χ1n) is 4.65. The summed E-state index contributed by atoms with van der Waals surface area (Å²) in [5, 5.41) is 0. The predicted octanol–water partition coefficient (Wildman–Crippen LogP) is 2.52. The number of hydrogen-bond acceptors (Lipinski definition) is 5. The van der Waals surface area contributed by atoms with Gasteiger partial charge in [0, 0.05) is 6.07 Å². The van der Waals surface area contributed by atoms with Crippen molar-refractivity contribution in [3.8, 4) is 0 Å². The molecule has 1 aliphatic rings. The highest BCUT2D eigenvalue weighted by Crippen LogP contribution is 2.34. The van der Waals surface area contributed by atoms with E-state index < -0.39 is 0 Å². The van der Waals surface area contributed by atoms with Crippen molar-refractivity contribution in [2.75, 3.05) is 11.5 Å². The smallest absolute Gasteiger partial charge is 0.276 e. The van der Waals surface area contributed by atoms with Crippen LogP contribution in [0.2, 0.25) is 0 Å². The third-order valence-electron chi connectivity index (χ3n) is 1.88. The summed E-state index contributed by atoms with van der Waals surface area (Å²) in [6.45, 7) is 2.37. The summed E-state index contributed by atoms with van der Waals surface area (Å²) in [6.07, 6.45) is 2.93. The van der Waals surface area contributed by atoms with E-state index in [-0.39, 0.29) is 5.91 Å². The molecule has 0 spiro atoms. The number of nitrogens with zero attached hydrogens (tertiary/aromatic N) is 1. The molecule has 1 amide bonds. The minimum atomic E-state index is -0.210. The summed E-state index contributed by atoms with van der Waals surface area (Å²) in [6, 6.07) is 3.40. The van der Waals surface area contributed by atoms with Crippen LogP contribution in [0, 0.1) is 0 Å².